The van der Waals surface area contributed by atoms with Crippen molar-refractivity contribution in [1.29, 1.82) is 0 Å². The molecule has 1 atom stereocenters. The van der Waals surface area contributed by atoms with E-state index in [-0.39, 0.29) is 11.6 Å². The summed E-state index contributed by atoms with van der Waals surface area (Å²) < 4.78 is 12.5. The van der Waals surface area contributed by atoms with E-state index in [1.54, 1.807) is 0 Å². The van der Waals surface area contributed by atoms with Gasteiger partial charge in [-0.15, -0.1) is 0 Å². The van der Waals surface area contributed by atoms with Gasteiger partial charge in [0.2, 0.25) is 0 Å². The Bertz CT molecular complexity index is 415. The highest BCUT2D eigenvalue weighted by molar-refractivity contribution is 9.10. The quantitative estimate of drug-likeness (QED) is 0.763. The van der Waals surface area contributed by atoms with Gasteiger partial charge in [0, 0.05) is 6.04 Å². The first kappa shape index (κ1) is 17.5. The van der Waals surface area contributed by atoms with Crippen molar-refractivity contribution in [2.45, 2.75) is 52.2 Å². The van der Waals surface area contributed by atoms with Crippen LogP contribution in [-0.2, 0) is 11.2 Å². The minimum atomic E-state index is -0.134. The third-order valence-electron chi connectivity index (χ3n) is 2.92. The Morgan fingerprint density at radius 3 is 2.55 bits per heavy atom. The van der Waals surface area contributed by atoms with Crippen LogP contribution in [0.4, 0.5) is 0 Å². The van der Waals surface area contributed by atoms with Gasteiger partial charge < -0.3 is 15.2 Å². The van der Waals surface area contributed by atoms with Crippen molar-refractivity contribution in [1.82, 2.24) is 0 Å². The van der Waals surface area contributed by atoms with Gasteiger partial charge in [0.1, 0.15) is 12.4 Å². The topological polar surface area (TPSA) is 44.5 Å². The molecule has 0 aliphatic rings. The molecule has 0 saturated heterocycles. The first-order valence-corrected chi connectivity index (χ1v) is 7.92. The van der Waals surface area contributed by atoms with Gasteiger partial charge in [-0.05, 0) is 61.2 Å². The van der Waals surface area contributed by atoms with Crippen LogP contribution in [0.5, 0.6) is 5.75 Å². The molecule has 1 unspecified atom stereocenters. The fourth-order valence-corrected chi connectivity index (χ4v) is 2.32. The maximum Gasteiger partial charge on any atom is 0.136 e. The smallest absolute Gasteiger partial charge is 0.136 e. The first-order chi connectivity index (χ1) is 9.33. The summed E-state index contributed by atoms with van der Waals surface area (Å²) in [4.78, 5) is 0. The molecule has 2 N–H and O–H groups in total. The SMILES string of the molecule is CCC(N)Cc1cccc(Br)c1OCCOC(C)(C)C. The van der Waals surface area contributed by atoms with Gasteiger partial charge in [-0.25, -0.2) is 0 Å². The second-order valence-electron chi connectivity index (χ2n) is 5.91. The maximum atomic E-state index is 6.04. The predicted octanol–water partition coefficient (Wildman–Crippen LogP) is 3.92. The van der Waals surface area contributed by atoms with Crippen molar-refractivity contribution in [3.05, 3.63) is 28.2 Å². The third kappa shape index (κ3) is 6.25. The van der Waals surface area contributed by atoms with Crippen molar-refractivity contribution >= 4 is 15.9 Å². The van der Waals surface area contributed by atoms with Crippen molar-refractivity contribution in [3.8, 4) is 5.75 Å². The van der Waals surface area contributed by atoms with Crippen molar-refractivity contribution in [2.75, 3.05) is 13.2 Å². The molecule has 0 fully saturated rings. The van der Waals surface area contributed by atoms with E-state index in [0.717, 1.165) is 28.6 Å². The molecule has 0 aromatic heterocycles. The van der Waals surface area contributed by atoms with Crippen LogP contribution in [0.15, 0.2) is 22.7 Å². The maximum absolute atomic E-state index is 6.04. The van der Waals surface area contributed by atoms with Gasteiger partial charge in [0.15, 0.2) is 0 Å². The summed E-state index contributed by atoms with van der Waals surface area (Å²) in [6.45, 7) is 9.32. The number of halogens is 1. The van der Waals surface area contributed by atoms with Crippen LogP contribution in [0.25, 0.3) is 0 Å². The molecule has 1 aromatic carbocycles. The summed E-state index contributed by atoms with van der Waals surface area (Å²) in [5.41, 5.74) is 7.05. The molecule has 1 rings (SSSR count). The molecular weight excluding hydrogens is 318 g/mol. The number of hydrogen-bond donors (Lipinski definition) is 1. The Morgan fingerprint density at radius 2 is 1.95 bits per heavy atom. The van der Waals surface area contributed by atoms with Gasteiger partial charge in [0.05, 0.1) is 16.7 Å². The van der Waals surface area contributed by atoms with Crippen molar-refractivity contribution < 1.29 is 9.47 Å². The van der Waals surface area contributed by atoms with Crippen LogP contribution in [0.2, 0.25) is 0 Å². The van der Waals surface area contributed by atoms with Crippen molar-refractivity contribution in [3.63, 3.8) is 0 Å². The van der Waals surface area contributed by atoms with Crippen LogP contribution in [0, 0.1) is 0 Å². The predicted molar refractivity (Wildman–Crippen MR) is 87.3 cm³/mol. The number of ether oxygens (including phenoxy) is 2. The summed E-state index contributed by atoms with van der Waals surface area (Å²) in [5, 5.41) is 0. The van der Waals surface area contributed by atoms with E-state index >= 15 is 0 Å². The molecule has 3 nitrogen and oxygen atoms in total. The van der Waals surface area contributed by atoms with Crippen molar-refractivity contribution in [2.24, 2.45) is 5.73 Å². The van der Waals surface area contributed by atoms with E-state index in [4.69, 9.17) is 15.2 Å². The fraction of sp³-hybridized carbons (Fsp3) is 0.625. The molecule has 0 heterocycles. The lowest BCUT2D eigenvalue weighted by molar-refractivity contribution is -0.0164. The Morgan fingerprint density at radius 1 is 1.25 bits per heavy atom. The van der Waals surface area contributed by atoms with Crippen LogP contribution in [0.3, 0.4) is 0 Å². The number of rotatable bonds is 7. The Balaban J connectivity index is 2.63. The van der Waals surface area contributed by atoms with E-state index in [9.17, 15) is 0 Å². The van der Waals surface area contributed by atoms with Gasteiger partial charge in [0.25, 0.3) is 0 Å². The Labute approximate surface area is 131 Å². The second kappa shape index (κ2) is 8.01. The Hall–Kier alpha value is -0.580. The van der Waals surface area contributed by atoms with Gasteiger partial charge in [-0.1, -0.05) is 19.1 Å². The monoisotopic (exact) mass is 343 g/mol. The van der Waals surface area contributed by atoms with E-state index in [0.29, 0.717) is 13.2 Å². The molecule has 0 radical (unpaired) electrons. The highest BCUT2D eigenvalue weighted by atomic mass is 79.9. The lowest BCUT2D eigenvalue weighted by atomic mass is 10.0. The summed E-state index contributed by atoms with van der Waals surface area (Å²) in [6, 6.07) is 6.24. The highest BCUT2D eigenvalue weighted by Crippen LogP contribution is 2.30. The minimum absolute atomic E-state index is 0.134. The van der Waals surface area contributed by atoms with Crippen LogP contribution < -0.4 is 10.5 Å². The average Bonchev–Trinajstić information content (AvgIpc) is 2.35. The van der Waals surface area contributed by atoms with E-state index in [1.165, 1.54) is 0 Å². The standard InChI is InChI=1S/C16H26BrNO2/c1-5-13(18)11-12-7-6-8-14(17)15(12)19-9-10-20-16(2,3)4/h6-8,13H,5,9-11,18H2,1-4H3. The summed E-state index contributed by atoms with van der Waals surface area (Å²) in [6.07, 6.45) is 1.78. The summed E-state index contributed by atoms with van der Waals surface area (Å²) in [7, 11) is 0. The molecule has 0 spiro atoms. The molecule has 1 aromatic rings. The molecule has 4 heteroatoms. The number of nitrogens with two attached hydrogens (primary N) is 1. The van der Waals surface area contributed by atoms with Gasteiger partial charge >= 0.3 is 0 Å². The summed E-state index contributed by atoms with van der Waals surface area (Å²) in [5.74, 6) is 0.883. The number of benzene rings is 1. The minimum Gasteiger partial charge on any atom is -0.490 e. The lowest BCUT2D eigenvalue weighted by Crippen LogP contribution is -2.23. The highest BCUT2D eigenvalue weighted by Gasteiger charge is 2.13. The fourth-order valence-electron chi connectivity index (χ4n) is 1.79. The molecular formula is C16H26BrNO2. The molecule has 20 heavy (non-hydrogen) atoms. The zero-order valence-corrected chi connectivity index (χ0v) is 14.5. The van der Waals surface area contributed by atoms with E-state index < -0.39 is 0 Å². The van der Waals surface area contributed by atoms with Crippen LogP contribution in [-0.4, -0.2) is 24.9 Å². The zero-order chi connectivity index (χ0) is 15.2. The van der Waals surface area contributed by atoms with E-state index in [2.05, 4.69) is 28.9 Å². The van der Waals surface area contributed by atoms with E-state index in [1.807, 2.05) is 32.9 Å². The lowest BCUT2D eigenvalue weighted by Gasteiger charge is -2.20. The third-order valence-corrected chi connectivity index (χ3v) is 3.54. The zero-order valence-electron chi connectivity index (χ0n) is 12.9. The number of para-hydroxylation sites is 1. The summed E-state index contributed by atoms with van der Waals surface area (Å²) >= 11 is 3.54. The van der Waals surface area contributed by atoms with Crippen LogP contribution in [0.1, 0.15) is 39.7 Å². The molecule has 114 valence electrons. The Kier molecular flexibility index (Phi) is 7.00. The first-order valence-electron chi connectivity index (χ1n) is 7.13. The molecule has 0 bridgehead atoms. The van der Waals surface area contributed by atoms with Crippen LogP contribution >= 0.6 is 15.9 Å². The van der Waals surface area contributed by atoms with Gasteiger partial charge in [-0.3, -0.25) is 0 Å². The average molecular weight is 344 g/mol. The normalized spacial score (nSPS) is 13.3. The molecule has 0 amide bonds. The largest absolute Gasteiger partial charge is 0.490 e. The number of hydrogen-bond acceptors (Lipinski definition) is 3. The second-order valence-corrected chi connectivity index (χ2v) is 6.76. The van der Waals surface area contributed by atoms with Gasteiger partial charge in [-0.2, -0.15) is 0 Å². The molecule has 0 saturated carbocycles. The molecule has 0 aliphatic heterocycles. The molecule has 0 aliphatic carbocycles.